The van der Waals surface area contributed by atoms with E-state index in [2.05, 4.69) is 82.4 Å². The first kappa shape index (κ1) is 29.3. The van der Waals surface area contributed by atoms with Gasteiger partial charge in [-0.15, -0.1) is 0 Å². The fraction of sp³-hybridized carbons (Fsp3) is 0.750. The third kappa shape index (κ3) is 133. The van der Waals surface area contributed by atoms with E-state index in [9.17, 15) is 0 Å². The third-order valence-corrected chi connectivity index (χ3v) is 0. The van der Waals surface area contributed by atoms with E-state index < -0.39 is 0 Å². The summed E-state index contributed by atoms with van der Waals surface area (Å²) in [5, 5.41) is 7.00. The summed E-state index contributed by atoms with van der Waals surface area (Å²) in [4.78, 5) is 8.81. The summed E-state index contributed by atoms with van der Waals surface area (Å²) in [5.41, 5.74) is 0. The first-order valence-corrected chi connectivity index (χ1v) is 11.3. The van der Waals surface area contributed by atoms with E-state index in [0.29, 0.717) is 0 Å². The molecule has 0 aromatic rings. The van der Waals surface area contributed by atoms with Crippen LogP contribution in [-0.2, 0) is 4.79 Å². The van der Waals surface area contributed by atoms with Crippen LogP contribution in [0.3, 0.4) is 0 Å². The van der Waals surface area contributed by atoms with E-state index in [1.165, 1.54) is 9.36 Å². The first-order valence-electron chi connectivity index (χ1n) is 1.94. The normalized spacial score (nSPS) is 3.91. The van der Waals surface area contributed by atoms with Gasteiger partial charge in [0.05, 0.1) is 2.43 Å². The Morgan fingerprint density at radius 2 is 1.27 bits per heavy atom. The standard InChI is InChI=1S/C2H4O.CH2I2.CH4O.Ar.I2/c1-2-3;2-1-3;1-2;;1-2/h2H,1H3;1H2;2H,1H3;;. The number of aliphatic hydroxyl groups is 1. The number of halogens is 4. The van der Waals surface area contributed by atoms with Crippen molar-refractivity contribution < 1.29 is 47.6 Å². The predicted octanol–water partition coefficient (Wildman–Crippen LogP) is 3.40. The van der Waals surface area contributed by atoms with Gasteiger partial charge in [0.25, 0.3) is 0 Å². The topological polar surface area (TPSA) is 37.3 Å². The molecule has 0 radical (unpaired) electrons. The van der Waals surface area contributed by atoms with E-state index >= 15 is 0 Å². The number of hydrogen-bond acceptors (Lipinski definition) is 2. The fourth-order valence-corrected chi connectivity index (χ4v) is 0. The number of aldehydes is 1. The average molecular weight is 638 g/mol. The number of carbonyl (C=O) groups is 1. The van der Waals surface area contributed by atoms with Crippen molar-refractivity contribution in [2.45, 2.75) is 6.92 Å². The Morgan fingerprint density at radius 1 is 1.27 bits per heavy atom. The molecular weight excluding hydrogens is 628 g/mol. The molecule has 11 heavy (non-hydrogen) atoms. The minimum Gasteiger partial charge on any atom is -0.400 e. The van der Waals surface area contributed by atoms with Crippen molar-refractivity contribution >= 4 is 88.7 Å². The SMILES string of the molecule is CC=O.CO.ICI.II.[Ar]. The quantitative estimate of drug-likeness (QED) is 0.251. The molecule has 0 saturated heterocycles. The molecule has 0 fully saturated rings. The van der Waals surface area contributed by atoms with Gasteiger partial charge in [0.1, 0.15) is 6.29 Å². The summed E-state index contributed by atoms with van der Waals surface area (Å²) >= 11 is 8.79. The monoisotopic (exact) mass is 638 g/mol. The van der Waals surface area contributed by atoms with Crippen LogP contribution in [0.2, 0.25) is 0 Å². The number of carbonyl (C=O) groups excluding carboxylic acids is 1. The second-order valence-corrected chi connectivity index (χ2v) is 4.78. The Labute approximate surface area is 149 Å². The molecule has 0 amide bonds. The number of hydrogen-bond donors (Lipinski definition) is 1. The van der Waals surface area contributed by atoms with Crippen LogP contribution < -0.4 is 0 Å². The Kier molecular flexibility index (Phi) is 179. The van der Waals surface area contributed by atoms with Crippen LogP contribution in [0, 0.1) is 37.7 Å². The molecule has 0 aliphatic heterocycles. The van der Waals surface area contributed by atoms with Crippen LogP contribution in [0.4, 0.5) is 0 Å². The maximum atomic E-state index is 8.81. The van der Waals surface area contributed by atoms with Crippen LogP contribution in [0.5, 0.6) is 0 Å². The van der Waals surface area contributed by atoms with Gasteiger partial charge in [0, 0.05) is 82.1 Å². The number of rotatable bonds is 0. The summed E-state index contributed by atoms with van der Waals surface area (Å²) in [6.45, 7) is 1.44. The molecule has 0 bridgehead atoms. The van der Waals surface area contributed by atoms with E-state index in [1.807, 2.05) is 0 Å². The second kappa shape index (κ2) is 67.1. The zero-order valence-electron chi connectivity index (χ0n) is 6.01. The van der Waals surface area contributed by atoms with Crippen molar-refractivity contribution in [3.8, 4) is 0 Å². The minimum absolute atomic E-state index is 0. The average Bonchev–Trinajstić information content (AvgIpc) is 1.99. The van der Waals surface area contributed by atoms with Crippen LogP contribution in [0.1, 0.15) is 6.92 Å². The van der Waals surface area contributed by atoms with Gasteiger partial charge in [-0.25, -0.2) is 0 Å². The molecule has 0 aliphatic rings. The fourth-order valence-electron chi connectivity index (χ4n) is 0. The van der Waals surface area contributed by atoms with Gasteiger partial charge in [0.15, 0.2) is 0 Å². The molecule has 0 aromatic carbocycles. The molecular formula is C4H10ArI4O2. The minimum atomic E-state index is 0. The maximum absolute atomic E-state index is 8.81. The van der Waals surface area contributed by atoms with Crippen LogP contribution >= 0.6 is 82.4 Å². The van der Waals surface area contributed by atoms with E-state index in [1.54, 1.807) is 0 Å². The molecule has 0 spiro atoms. The molecule has 0 heterocycles. The van der Waals surface area contributed by atoms with Crippen molar-refractivity contribution in [3.05, 3.63) is 0 Å². The largest absolute Gasteiger partial charge is 0.400 e. The third-order valence-electron chi connectivity index (χ3n) is 0. The van der Waals surface area contributed by atoms with Gasteiger partial charge in [-0.2, -0.15) is 0 Å². The maximum Gasteiger partial charge on any atom is 0.116 e. The van der Waals surface area contributed by atoms with Gasteiger partial charge in [0.2, 0.25) is 0 Å². The molecule has 74 valence electrons. The smallest absolute Gasteiger partial charge is 0.116 e. The zero-order valence-corrected chi connectivity index (χ0v) is 15.3. The van der Waals surface area contributed by atoms with Crippen molar-refractivity contribution in [3.63, 3.8) is 0 Å². The van der Waals surface area contributed by atoms with Crippen LogP contribution in [0.25, 0.3) is 0 Å². The van der Waals surface area contributed by atoms with Gasteiger partial charge >= 0.3 is 0 Å². The molecule has 0 rings (SSSR count). The summed E-state index contributed by atoms with van der Waals surface area (Å²) < 4.78 is 1.19. The second-order valence-electron chi connectivity index (χ2n) is 0.337. The number of alkyl halides is 2. The van der Waals surface area contributed by atoms with Crippen LogP contribution in [-0.4, -0.2) is 20.9 Å². The van der Waals surface area contributed by atoms with Crippen molar-refractivity contribution in [1.82, 2.24) is 0 Å². The molecule has 1 N–H and O–H groups in total. The molecule has 0 saturated carbocycles. The van der Waals surface area contributed by atoms with Crippen molar-refractivity contribution in [2.24, 2.45) is 0 Å². The van der Waals surface area contributed by atoms with Gasteiger partial charge in [-0.05, 0) is 6.92 Å². The summed E-state index contributed by atoms with van der Waals surface area (Å²) in [7, 11) is 1.00. The predicted molar refractivity (Wildman–Crippen MR) is 80.8 cm³/mol. The summed E-state index contributed by atoms with van der Waals surface area (Å²) in [6.07, 6.45) is 0.750. The molecule has 0 atom stereocenters. The van der Waals surface area contributed by atoms with Gasteiger partial charge in [-0.1, -0.05) is 45.2 Å². The van der Waals surface area contributed by atoms with Crippen molar-refractivity contribution in [2.75, 3.05) is 9.54 Å². The Hall–Kier alpha value is 3.81. The molecule has 2 nitrogen and oxygen atoms in total. The van der Waals surface area contributed by atoms with Crippen LogP contribution in [0.15, 0.2) is 0 Å². The summed E-state index contributed by atoms with van der Waals surface area (Å²) in [5.74, 6) is 0. The summed E-state index contributed by atoms with van der Waals surface area (Å²) in [6, 6.07) is 0. The Balaban J connectivity index is -0.0000000144. The van der Waals surface area contributed by atoms with E-state index in [-0.39, 0.29) is 37.7 Å². The molecule has 0 aliphatic carbocycles. The zero-order chi connectivity index (χ0) is 9.41. The van der Waals surface area contributed by atoms with Crippen molar-refractivity contribution in [1.29, 1.82) is 0 Å². The molecule has 0 unspecified atom stereocenters. The van der Waals surface area contributed by atoms with E-state index in [0.717, 1.165) is 13.4 Å². The molecule has 7 heteroatoms. The number of aliphatic hydroxyl groups excluding tert-OH is 1. The molecule has 0 aromatic heterocycles. The first-order chi connectivity index (χ1) is 4.83. The Morgan fingerprint density at radius 3 is 1.27 bits per heavy atom. The Bertz CT molecular complexity index is 34.1. The van der Waals surface area contributed by atoms with Gasteiger partial charge in [-0.3, -0.25) is 0 Å². The van der Waals surface area contributed by atoms with Gasteiger partial charge < -0.3 is 9.90 Å². The van der Waals surface area contributed by atoms with E-state index in [4.69, 9.17) is 9.90 Å².